The lowest BCUT2D eigenvalue weighted by Gasteiger charge is -2.19. The maximum atomic E-state index is 13.0. The van der Waals surface area contributed by atoms with E-state index in [0.29, 0.717) is 17.8 Å². The predicted octanol–water partition coefficient (Wildman–Crippen LogP) is 2.05. The molecule has 8 nitrogen and oxygen atoms in total. The van der Waals surface area contributed by atoms with E-state index in [1.54, 1.807) is 26.1 Å². The number of hydrogen-bond acceptors (Lipinski definition) is 4. The van der Waals surface area contributed by atoms with Gasteiger partial charge in [-0.25, -0.2) is 9.50 Å². The number of nitrogens with zero attached hydrogens (tertiary/aromatic N) is 3. The average Bonchev–Trinajstić information content (AvgIpc) is 3.13. The highest BCUT2D eigenvalue weighted by atomic mass is 16.2. The largest absolute Gasteiger partial charge is 0.345 e. The van der Waals surface area contributed by atoms with Crippen molar-refractivity contribution >= 4 is 11.6 Å². The molecule has 31 heavy (non-hydrogen) atoms. The number of fused-ring (bicyclic) bond motifs is 1. The molecule has 0 bridgehead atoms. The molecule has 0 saturated heterocycles. The number of nitrogens with one attached hydrogen (secondary N) is 2. The van der Waals surface area contributed by atoms with Gasteiger partial charge in [0.2, 0.25) is 0 Å². The molecule has 0 aliphatic rings. The van der Waals surface area contributed by atoms with Gasteiger partial charge in [-0.05, 0) is 31.5 Å². The first-order valence-corrected chi connectivity index (χ1v) is 9.94. The number of aryl methyl sites for hydroxylation is 2. The van der Waals surface area contributed by atoms with Crippen LogP contribution in [0.5, 0.6) is 0 Å². The molecule has 3 heterocycles. The first-order chi connectivity index (χ1) is 14.8. The predicted molar refractivity (Wildman–Crippen MR) is 117 cm³/mol. The van der Waals surface area contributed by atoms with Crippen LogP contribution in [-0.2, 0) is 13.5 Å². The van der Waals surface area contributed by atoms with Gasteiger partial charge in [-0.15, -0.1) is 0 Å². The smallest absolute Gasteiger partial charge is 0.272 e. The quantitative estimate of drug-likeness (QED) is 0.519. The molecular weight excluding hydrogens is 394 g/mol. The van der Waals surface area contributed by atoms with Gasteiger partial charge in [0.15, 0.2) is 5.65 Å². The summed E-state index contributed by atoms with van der Waals surface area (Å²) in [4.78, 5) is 42.5. The zero-order valence-corrected chi connectivity index (χ0v) is 17.5. The summed E-state index contributed by atoms with van der Waals surface area (Å²) in [6, 6.07) is 15.5. The molecule has 0 unspecified atom stereocenters. The number of hydrogen-bond donors (Lipinski definition) is 2. The molecule has 0 radical (unpaired) electrons. The van der Waals surface area contributed by atoms with Crippen molar-refractivity contribution in [2.45, 2.75) is 26.3 Å². The number of rotatable bonds is 5. The maximum Gasteiger partial charge on any atom is 0.272 e. The molecule has 0 spiro atoms. The minimum Gasteiger partial charge on any atom is -0.345 e. The molecule has 0 aliphatic heterocycles. The van der Waals surface area contributed by atoms with Gasteiger partial charge in [0.1, 0.15) is 5.56 Å². The van der Waals surface area contributed by atoms with Gasteiger partial charge in [0.05, 0.1) is 11.7 Å². The SMILES string of the molecule is Cc1cc2nc(C[C@H](NC(=O)c3ccc(C)n(C)c3=O)c3ccccc3)cc(=O)n2[nH]1. The van der Waals surface area contributed by atoms with E-state index in [-0.39, 0.29) is 16.7 Å². The number of H-pyrrole nitrogens is 1. The number of benzene rings is 1. The lowest BCUT2D eigenvalue weighted by molar-refractivity contribution is 0.0934. The molecule has 4 aromatic rings. The minimum absolute atomic E-state index is 0.0683. The van der Waals surface area contributed by atoms with E-state index in [1.807, 2.05) is 37.3 Å². The first-order valence-electron chi connectivity index (χ1n) is 9.94. The molecule has 158 valence electrons. The second kappa shape index (κ2) is 8.06. The van der Waals surface area contributed by atoms with Crippen LogP contribution in [0.2, 0.25) is 0 Å². The highest BCUT2D eigenvalue weighted by molar-refractivity contribution is 5.94. The highest BCUT2D eigenvalue weighted by Crippen LogP contribution is 2.18. The monoisotopic (exact) mass is 417 g/mol. The third kappa shape index (κ3) is 4.05. The summed E-state index contributed by atoms with van der Waals surface area (Å²) in [6.45, 7) is 3.65. The summed E-state index contributed by atoms with van der Waals surface area (Å²) < 4.78 is 2.82. The summed E-state index contributed by atoms with van der Waals surface area (Å²) in [5, 5.41) is 5.89. The normalized spacial score (nSPS) is 12.1. The van der Waals surface area contributed by atoms with Crippen LogP contribution in [0.3, 0.4) is 0 Å². The third-order valence-electron chi connectivity index (χ3n) is 5.35. The molecule has 1 atom stereocenters. The van der Waals surface area contributed by atoms with Gasteiger partial charge < -0.3 is 9.88 Å². The summed E-state index contributed by atoms with van der Waals surface area (Å²) in [5.41, 5.74) is 3.00. The van der Waals surface area contributed by atoms with Crippen LogP contribution < -0.4 is 16.4 Å². The Balaban J connectivity index is 1.69. The topological polar surface area (TPSA) is 101 Å². The number of carbonyl (C=O) groups is 1. The van der Waals surface area contributed by atoms with Crippen molar-refractivity contribution in [1.29, 1.82) is 0 Å². The Morgan fingerprint density at radius 2 is 1.84 bits per heavy atom. The van der Waals surface area contributed by atoms with Crippen molar-refractivity contribution in [1.82, 2.24) is 24.5 Å². The Bertz CT molecular complexity index is 1380. The van der Waals surface area contributed by atoms with Crippen LogP contribution in [0.25, 0.3) is 5.65 Å². The van der Waals surface area contributed by atoms with E-state index < -0.39 is 11.9 Å². The van der Waals surface area contributed by atoms with Crippen LogP contribution in [-0.4, -0.2) is 25.1 Å². The molecule has 0 saturated carbocycles. The van der Waals surface area contributed by atoms with Crippen molar-refractivity contribution in [3.05, 3.63) is 104 Å². The Morgan fingerprint density at radius 1 is 1.10 bits per heavy atom. The molecule has 3 aromatic heterocycles. The number of amides is 1. The molecule has 4 rings (SSSR count). The Morgan fingerprint density at radius 3 is 2.58 bits per heavy atom. The van der Waals surface area contributed by atoms with Gasteiger partial charge in [-0.2, -0.15) is 0 Å². The molecule has 1 amide bonds. The molecule has 1 aromatic carbocycles. The lowest BCUT2D eigenvalue weighted by atomic mass is 10.0. The van der Waals surface area contributed by atoms with Crippen LogP contribution >= 0.6 is 0 Å². The zero-order valence-electron chi connectivity index (χ0n) is 17.5. The van der Waals surface area contributed by atoms with E-state index >= 15 is 0 Å². The van der Waals surface area contributed by atoms with Crippen LogP contribution in [0.15, 0.2) is 64.2 Å². The fourth-order valence-electron chi connectivity index (χ4n) is 3.55. The summed E-state index contributed by atoms with van der Waals surface area (Å²) in [6.07, 6.45) is 0.303. The van der Waals surface area contributed by atoms with Crippen LogP contribution in [0.4, 0.5) is 0 Å². The fraction of sp³-hybridized carbons (Fsp3) is 0.217. The van der Waals surface area contributed by atoms with Crippen molar-refractivity contribution in [3.8, 4) is 0 Å². The maximum absolute atomic E-state index is 13.0. The van der Waals surface area contributed by atoms with Crippen molar-refractivity contribution < 1.29 is 4.79 Å². The Hall–Kier alpha value is -3.94. The van der Waals surface area contributed by atoms with Crippen molar-refractivity contribution in [2.75, 3.05) is 0 Å². The van der Waals surface area contributed by atoms with Crippen molar-refractivity contribution in [3.63, 3.8) is 0 Å². The molecule has 8 heteroatoms. The Kier molecular flexibility index (Phi) is 5.29. The molecule has 0 aliphatic carbocycles. The first kappa shape index (κ1) is 20.3. The highest BCUT2D eigenvalue weighted by Gasteiger charge is 2.20. The van der Waals surface area contributed by atoms with Gasteiger partial charge in [-0.1, -0.05) is 30.3 Å². The van der Waals surface area contributed by atoms with E-state index in [9.17, 15) is 14.4 Å². The van der Waals surface area contributed by atoms with E-state index in [0.717, 1.165) is 17.0 Å². The second-order valence-corrected chi connectivity index (χ2v) is 7.61. The minimum atomic E-state index is -0.468. The molecular formula is C23H23N5O3. The van der Waals surface area contributed by atoms with Gasteiger partial charge in [0, 0.05) is 37.0 Å². The second-order valence-electron chi connectivity index (χ2n) is 7.61. The number of aromatic nitrogens is 4. The lowest BCUT2D eigenvalue weighted by Crippen LogP contribution is -2.36. The third-order valence-corrected chi connectivity index (χ3v) is 5.35. The molecule has 2 N–H and O–H groups in total. The van der Waals surface area contributed by atoms with Crippen LogP contribution in [0, 0.1) is 13.8 Å². The van der Waals surface area contributed by atoms with E-state index in [4.69, 9.17) is 0 Å². The molecule has 0 fully saturated rings. The van der Waals surface area contributed by atoms with E-state index in [1.165, 1.54) is 21.2 Å². The van der Waals surface area contributed by atoms with Gasteiger partial charge >= 0.3 is 0 Å². The van der Waals surface area contributed by atoms with Crippen LogP contribution in [0.1, 0.15) is 39.0 Å². The van der Waals surface area contributed by atoms with Crippen molar-refractivity contribution in [2.24, 2.45) is 7.05 Å². The van der Waals surface area contributed by atoms with E-state index in [2.05, 4.69) is 15.4 Å². The standard InChI is InChI=1S/C23H23N5O3/c1-14-11-20-24-17(13-21(29)28(20)26-14)12-19(16-7-5-4-6-8-16)25-22(30)18-10-9-15(2)27(3)23(18)31/h4-11,13,19,26H,12H2,1-3H3,(H,25,30)/t19-/m0/s1. The Labute approximate surface area is 178 Å². The number of aromatic amines is 1. The van der Waals surface area contributed by atoms with Gasteiger partial charge in [0.25, 0.3) is 17.0 Å². The number of pyridine rings is 1. The summed E-state index contributed by atoms with van der Waals surface area (Å²) >= 11 is 0. The van der Waals surface area contributed by atoms with Gasteiger partial charge in [-0.3, -0.25) is 19.5 Å². The number of carbonyl (C=O) groups excluding carboxylic acids is 1. The zero-order chi connectivity index (χ0) is 22.1. The fourth-order valence-corrected chi connectivity index (χ4v) is 3.55. The average molecular weight is 417 g/mol. The summed E-state index contributed by atoms with van der Waals surface area (Å²) in [5.74, 6) is -0.468. The summed E-state index contributed by atoms with van der Waals surface area (Å²) in [7, 11) is 1.63.